The van der Waals surface area contributed by atoms with E-state index in [1.165, 1.54) is 23.6 Å². The van der Waals surface area contributed by atoms with Crippen LogP contribution >= 0.6 is 11.8 Å². The molecule has 32 heavy (non-hydrogen) atoms. The number of hydrogen-bond acceptors (Lipinski definition) is 8. The monoisotopic (exact) mass is 467 g/mol. The Bertz CT molecular complexity index is 1330. The lowest BCUT2D eigenvalue weighted by Gasteiger charge is -2.10. The van der Waals surface area contributed by atoms with Gasteiger partial charge in [-0.2, -0.15) is 4.68 Å². The van der Waals surface area contributed by atoms with Gasteiger partial charge in [0, 0.05) is 12.2 Å². The number of aromatic nitrogens is 7. The van der Waals surface area contributed by atoms with Crippen LogP contribution in [0.4, 0.5) is 0 Å². The third kappa shape index (κ3) is 4.44. The largest absolute Gasteiger partial charge is 0.301 e. The van der Waals surface area contributed by atoms with Crippen molar-refractivity contribution in [1.29, 1.82) is 0 Å². The molecule has 1 saturated carbocycles. The molecule has 1 aliphatic carbocycles. The van der Waals surface area contributed by atoms with E-state index in [1.54, 1.807) is 28.9 Å². The standard InChI is InChI=1S/C21H21N7O2S2/c1-32(29,30)18-11-9-17(10-12-18)28-19(22-25-26-28)14-31-21-24-23-20(16-7-8-16)27(21)13-15-5-3-2-4-6-15/h2-6,9-12,16H,7-8,13-14H2,1H3. The van der Waals surface area contributed by atoms with Crippen LogP contribution in [0.1, 0.15) is 36.0 Å². The number of thioether (sulfide) groups is 1. The molecular weight excluding hydrogens is 446 g/mol. The Morgan fingerprint density at radius 1 is 1.00 bits per heavy atom. The van der Waals surface area contributed by atoms with Crippen LogP contribution in [0.2, 0.25) is 0 Å². The highest BCUT2D eigenvalue weighted by Gasteiger charge is 2.30. The molecule has 0 aliphatic heterocycles. The van der Waals surface area contributed by atoms with Crippen LogP contribution in [0.5, 0.6) is 0 Å². The molecule has 2 heterocycles. The second-order valence-corrected chi connectivity index (χ2v) is 10.7. The molecule has 0 amide bonds. The van der Waals surface area contributed by atoms with E-state index in [9.17, 15) is 8.42 Å². The molecule has 5 rings (SSSR count). The molecule has 1 aliphatic rings. The Morgan fingerprint density at radius 2 is 1.75 bits per heavy atom. The maximum Gasteiger partial charge on any atom is 0.191 e. The maximum atomic E-state index is 11.7. The third-order valence-corrected chi connectivity index (χ3v) is 7.34. The summed E-state index contributed by atoms with van der Waals surface area (Å²) >= 11 is 1.54. The molecule has 0 saturated heterocycles. The van der Waals surface area contributed by atoms with Crippen LogP contribution < -0.4 is 0 Å². The molecule has 0 spiro atoms. The molecule has 0 bridgehead atoms. The van der Waals surface area contributed by atoms with Crippen LogP contribution in [0.3, 0.4) is 0 Å². The fourth-order valence-corrected chi connectivity index (χ4v) is 4.91. The Morgan fingerprint density at radius 3 is 2.44 bits per heavy atom. The Labute approximate surface area is 189 Å². The van der Waals surface area contributed by atoms with E-state index >= 15 is 0 Å². The summed E-state index contributed by atoms with van der Waals surface area (Å²) in [5.74, 6) is 2.66. The second-order valence-electron chi connectivity index (χ2n) is 7.75. The van der Waals surface area contributed by atoms with E-state index in [4.69, 9.17) is 0 Å². The van der Waals surface area contributed by atoms with Gasteiger partial charge in [-0.05, 0) is 53.1 Å². The van der Waals surface area contributed by atoms with E-state index < -0.39 is 9.84 Å². The lowest BCUT2D eigenvalue weighted by Crippen LogP contribution is -2.07. The van der Waals surface area contributed by atoms with Gasteiger partial charge in [0.15, 0.2) is 20.8 Å². The fourth-order valence-electron chi connectivity index (χ4n) is 3.42. The number of benzene rings is 2. The van der Waals surface area contributed by atoms with Crippen LogP contribution in [0.25, 0.3) is 5.69 Å². The zero-order valence-corrected chi connectivity index (χ0v) is 19.0. The van der Waals surface area contributed by atoms with Gasteiger partial charge in [-0.15, -0.1) is 15.3 Å². The highest BCUT2D eigenvalue weighted by molar-refractivity contribution is 7.98. The highest BCUT2D eigenvalue weighted by Crippen LogP contribution is 2.40. The molecular formula is C21H21N7O2S2. The van der Waals surface area contributed by atoms with Gasteiger partial charge in [0.2, 0.25) is 0 Å². The number of rotatable bonds is 8. The molecule has 2 aromatic heterocycles. The molecule has 4 aromatic rings. The Kier molecular flexibility index (Phi) is 5.51. The van der Waals surface area contributed by atoms with Gasteiger partial charge in [0.1, 0.15) is 5.82 Å². The predicted molar refractivity (Wildman–Crippen MR) is 119 cm³/mol. The lowest BCUT2D eigenvalue weighted by molar-refractivity contribution is 0.602. The van der Waals surface area contributed by atoms with Crippen LogP contribution in [0.15, 0.2) is 64.6 Å². The first kappa shape index (κ1) is 20.8. The van der Waals surface area contributed by atoms with Gasteiger partial charge in [-0.25, -0.2) is 8.42 Å². The minimum atomic E-state index is -3.26. The molecule has 0 radical (unpaired) electrons. The summed E-state index contributed by atoms with van der Waals surface area (Å²) in [7, 11) is -3.26. The van der Waals surface area contributed by atoms with E-state index in [1.807, 2.05) is 18.2 Å². The Balaban J connectivity index is 1.37. The highest BCUT2D eigenvalue weighted by atomic mass is 32.2. The van der Waals surface area contributed by atoms with Crippen molar-refractivity contribution in [2.24, 2.45) is 0 Å². The third-order valence-electron chi connectivity index (χ3n) is 5.25. The van der Waals surface area contributed by atoms with Crippen molar-refractivity contribution in [2.75, 3.05) is 6.26 Å². The number of sulfone groups is 1. The molecule has 1 fully saturated rings. The maximum absolute atomic E-state index is 11.7. The van der Waals surface area contributed by atoms with Crippen LogP contribution in [0, 0.1) is 0 Å². The van der Waals surface area contributed by atoms with Crippen molar-refractivity contribution >= 4 is 21.6 Å². The molecule has 0 N–H and O–H groups in total. The molecule has 9 nitrogen and oxygen atoms in total. The first-order valence-corrected chi connectivity index (χ1v) is 13.0. The van der Waals surface area contributed by atoms with Gasteiger partial charge in [-0.3, -0.25) is 0 Å². The molecule has 11 heteroatoms. The number of tetrazole rings is 1. The molecule has 164 valence electrons. The summed E-state index contributed by atoms with van der Waals surface area (Å²) in [5, 5.41) is 21.8. The van der Waals surface area contributed by atoms with Gasteiger partial charge in [-0.1, -0.05) is 42.1 Å². The number of hydrogen-bond donors (Lipinski definition) is 0. The van der Waals surface area contributed by atoms with Crippen molar-refractivity contribution in [2.45, 2.75) is 41.1 Å². The van der Waals surface area contributed by atoms with E-state index in [2.05, 4.69) is 42.4 Å². The van der Waals surface area contributed by atoms with Crippen molar-refractivity contribution in [3.8, 4) is 5.69 Å². The lowest BCUT2D eigenvalue weighted by atomic mass is 10.2. The minimum Gasteiger partial charge on any atom is -0.301 e. The summed E-state index contributed by atoms with van der Waals surface area (Å²) in [6.45, 7) is 0.722. The zero-order valence-electron chi connectivity index (χ0n) is 17.4. The van der Waals surface area contributed by atoms with Crippen molar-refractivity contribution in [3.63, 3.8) is 0 Å². The molecule has 0 atom stereocenters. The number of nitrogens with zero attached hydrogens (tertiary/aromatic N) is 7. The average Bonchev–Trinajstić information content (AvgIpc) is 3.39. The van der Waals surface area contributed by atoms with Crippen molar-refractivity contribution in [3.05, 3.63) is 71.8 Å². The summed E-state index contributed by atoms with van der Waals surface area (Å²) in [5.41, 5.74) is 1.90. The van der Waals surface area contributed by atoms with Gasteiger partial charge in [0.25, 0.3) is 0 Å². The van der Waals surface area contributed by atoms with E-state index in [-0.39, 0.29) is 4.90 Å². The van der Waals surface area contributed by atoms with Gasteiger partial charge in [0.05, 0.1) is 22.9 Å². The molecule has 0 unspecified atom stereocenters. The van der Waals surface area contributed by atoms with E-state index in [0.717, 1.165) is 30.4 Å². The van der Waals surface area contributed by atoms with E-state index in [0.29, 0.717) is 23.2 Å². The fraction of sp³-hybridized carbons (Fsp3) is 0.286. The average molecular weight is 468 g/mol. The van der Waals surface area contributed by atoms with Gasteiger partial charge >= 0.3 is 0 Å². The zero-order chi connectivity index (χ0) is 22.1. The van der Waals surface area contributed by atoms with Crippen molar-refractivity contribution < 1.29 is 8.42 Å². The first-order chi connectivity index (χ1) is 15.5. The quantitative estimate of drug-likeness (QED) is 0.364. The topological polar surface area (TPSA) is 108 Å². The first-order valence-electron chi connectivity index (χ1n) is 10.2. The minimum absolute atomic E-state index is 0.256. The normalized spacial score (nSPS) is 14.0. The van der Waals surface area contributed by atoms with Crippen molar-refractivity contribution in [1.82, 2.24) is 35.0 Å². The van der Waals surface area contributed by atoms with Crippen LogP contribution in [-0.4, -0.2) is 49.6 Å². The second kappa shape index (κ2) is 8.47. The predicted octanol–water partition coefficient (Wildman–Crippen LogP) is 2.88. The Hall–Kier alpha value is -3.05. The summed E-state index contributed by atoms with van der Waals surface area (Å²) in [6, 6.07) is 16.8. The SMILES string of the molecule is CS(=O)(=O)c1ccc(-n2nnnc2CSc2nnc(C3CC3)n2Cc2ccccc2)cc1. The molecule has 2 aromatic carbocycles. The summed E-state index contributed by atoms with van der Waals surface area (Å²) in [6.07, 6.45) is 3.49. The van der Waals surface area contributed by atoms with Crippen LogP contribution in [-0.2, 0) is 22.1 Å². The summed E-state index contributed by atoms with van der Waals surface area (Å²) in [4.78, 5) is 0.256. The smallest absolute Gasteiger partial charge is 0.191 e. The summed E-state index contributed by atoms with van der Waals surface area (Å²) < 4.78 is 27.2. The van der Waals surface area contributed by atoms with Gasteiger partial charge < -0.3 is 4.57 Å².